The number of carbonyl (C=O) groups excluding carboxylic acids is 1. The Hall–Kier alpha value is -3.11. The predicted octanol–water partition coefficient (Wildman–Crippen LogP) is 4.03. The Kier molecular flexibility index (Phi) is 5.89. The van der Waals surface area contributed by atoms with E-state index in [1.54, 1.807) is 30.5 Å². The second-order valence-electron chi connectivity index (χ2n) is 6.00. The molecule has 0 fully saturated rings. The average Bonchev–Trinajstić information content (AvgIpc) is 3.11. The van der Waals surface area contributed by atoms with Crippen LogP contribution in [0, 0.1) is 18.3 Å². The second kappa shape index (κ2) is 8.52. The number of aromatic nitrogens is 2. The molecule has 0 spiro atoms. The van der Waals surface area contributed by atoms with Crippen LogP contribution in [0.1, 0.15) is 45.9 Å². The number of hydrogen-bond donors (Lipinski definition) is 1. The van der Waals surface area contributed by atoms with Crippen molar-refractivity contribution in [3.8, 4) is 6.07 Å². The van der Waals surface area contributed by atoms with Gasteiger partial charge in [0.2, 0.25) is 0 Å². The summed E-state index contributed by atoms with van der Waals surface area (Å²) in [6.45, 7) is 3.74. The lowest BCUT2D eigenvalue weighted by Gasteiger charge is -2.15. The average molecular weight is 378 g/mol. The summed E-state index contributed by atoms with van der Waals surface area (Å²) in [5.41, 5.74) is 2.84. The van der Waals surface area contributed by atoms with Gasteiger partial charge in [-0.1, -0.05) is 29.1 Å². The lowest BCUT2D eigenvalue weighted by molar-refractivity contribution is 0.0936. The first-order valence-electron chi connectivity index (χ1n) is 8.37. The number of aryl methyl sites for hydroxylation is 1. The number of hydrogen-bond acceptors (Lipinski definition) is 6. The van der Waals surface area contributed by atoms with Crippen LogP contribution in [0.4, 0.5) is 0 Å². The lowest BCUT2D eigenvalue weighted by atomic mass is 10.1. The van der Waals surface area contributed by atoms with Gasteiger partial charge < -0.3 is 9.84 Å². The van der Waals surface area contributed by atoms with E-state index in [2.05, 4.69) is 21.5 Å². The zero-order valence-electron chi connectivity index (χ0n) is 15.0. The molecule has 0 aliphatic heterocycles. The van der Waals surface area contributed by atoms with Gasteiger partial charge in [-0.25, -0.2) is 4.98 Å². The Morgan fingerprint density at radius 2 is 2.11 bits per heavy atom. The SMILES string of the molecule is Cc1cc(CSc2ncccc2C(=O)NC(C)c2ccc(C#N)cc2)no1. The van der Waals surface area contributed by atoms with Gasteiger partial charge in [-0.15, -0.1) is 0 Å². The summed E-state index contributed by atoms with van der Waals surface area (Å²) in [7, 11) is 0. The molecule has 0 aliphatic carbocycles. The Morgan fingerprint density at radius 3 is 2.78 bits per heavy atom. The van der Waals surface area contributed by atoms with Crippen LogP contribution in [0.5, 0.6) is 0 Å². The van der Waals surface area contributed by atoms with Crippen LogP contribution in [0.25, 0.3) is 0 Å². The largest absolute Gasteiger partial charge is 0.361 e. The van der Waals surface area contributed by atoms with Crippen molar-refractivity contribution in [2.45, 2.75) is 30.7 Å². The third kappa shape index (κ3) is 4.74. The van der Waals surface area contributed by atoms with E-state index < -0.39 is 0 Å². The van der Waals surface area contributed by atoms with Crippen LogP contribution in [0.15, 0.2) is 58.2 Å². The number of nitrogens with one attached hydrogen (secondary N) is 1. The van der Waals surface area contributed by atoms with Crippen LogP contribution in [-0.2, 0) is 5.75 Å². The summed E-state index contributed by atoms with van der Waals surface area (Å²) in [4.78, 5) is 17.1. The molecule has 0 saturated heterocycles. The Morgan fingerprint density at radius 1 is 1.33 bits per heavy atom. The second-order valence-corrected chi connectivity index (χ2v) is 6.97. The monoisotopic (exact) mass is 378 g/mol. The molecule has 1 unspecified atom stereocenters. The third-order valence-electron chi connectivity index (χ3n) is 3.94. The maximum absolute atomic E-state index is 12.7. The molecule has 1 atom stereocenters. The molecular weight excluding hydrogens is 360 g/mol. The van der Waals surface area contributed by atoms with Gasteiger partial charge in [0.15, 0.2) is 0 Å². The summed E-state index contributed by atoms with van der Waals surface area (Å²) in [5.74, 6) is 1.12. The lowest BCUT2D eigenvalue weighted by Crippen LogP contribution is -2.27. The molecule has 0 saturated carbocycles. The number of carbonyl (C=O) groups is 1. The fourth-order valence-electron chi connectivity index (χ4n) is 2.51. The summed E-state index contributed by atoms with van der Waals surface area (Å²) >= 11 is 1.44. The number of nitriles is 1. The van der Waals surface area contributed by atoms with Gasteiger partial charge in [-0.05, 0) is 43.7 Å². The smallest absolute Gasteiger partial charge is 0.254 e. The van der Waals surface area contributed by atoms with E-state index in [0.29, 0.717) is 21.9 Å². The standard InChI is InChI=1S/C20H18N4O2S/c1-13-10-17(24-26-13)12-27-20-18(4-3-9-22-20)19(25)23-14(2)16-7-5-15(11-21)6-8-16/h3-10,14H,12H2,1-2H3,(H,23,25). The van der Waals surface area contributed by atoms with Crippen molar-refractivity contribution in [3.05, 3.63) is 76.8 Å². The highest BCUT2D eigenvalue weighted by atomic mass is 32.2. The molecule has 1 N–H and O–H groups in total. The number of thioether (sulfide) groups is 1. The fourth-order valence-corrected chi connectivity index (χ4v) is 3.38. The molecule has 27 heavy (non-hydrogen) atoms. The molecular formula is C20H18N4O2S. The van der Waals surface area contributed by atoms with Crippen molar-refractivity contribution in [3.63, 3.8) is 0 Å². The fraction of sp³-hybridized carbons (Fsp3) is 0.200. The first kappa shape index (κ1) is 18.7. The zero-order valence-corrected chi connectivity index (χ0v) is 15.8. The minimum absolute atomic E-state index is 0.193. The molecule has 2 heterocycles. The van der Waals surface area contributed by atoms with Crippen LogP contribution in [-0.4, -0.2) is 16.0 Å². The Balaban J connectivity index is 1.69. The van der Waals surface area contributed by atoms with Crippen molar-refractivity contribution in [2.75, 3.05) is 0 Å². The summed E-state index contributed by atoms with van der Waals surface area (Å²) in [5, 5.41) is 16.5. The van der Waals surface area contributed by atoms with Crippen LogP contribution in [0.3, 0.4) is 0 Å². The van der Waals surface area contributed by atoms with Gasteiger partial charge in [0, 0.05) is 18.0 Å². The van der Waals surface area contributed by atoms with Gasteiger partial charge in [-0.2, -0.15) is 5.26 Å². The molecule has 2 aromatic heterocycles. The molecule has 0 bridgehead atoms. The van der Waals surface area contributed by atoms with E-state index >= 15 is 0 Å². The minimum atomic E-state index is -0.196. The number of rotatable bonds is 6. The molecule has 1 amide bonds. The van der Waals surface area contributed by atoms with Gasteiger partial charge in [0.05, 0.1) is 28.9 Å². The van der Waals surface area contributed by atoms with Crippen molar-refractivity contribution in [1.82, 2.24) is 15.5 Å². The van der Waals surface area contributed by atoms with Crippen molar-refractivity contribution < 1.29 is 9.32 Å². The quantitative estimate of drug-likeness (QED) is 0.651. The van der Waals surface area contributed by atoms with Gasteiger partial charge in [0.25, 0.3) is 5.91 Å². The van der Waals surface area contributed by atoms with Crippen LogP contribution in [0.2, 0.25) is 0 Å². The van der Waals surface area contributed by atoms with Crippen molar-refractivity contribution >= 4 is 17.7 Å². The van der Waals surface area contributed by atoms with Crippen molar-refractivity contribution in [1.29, 1.82) is 5.26 Å². The maximum atomic E-state index is 12.7. The topological polar surface area (TPSA) is 91.8 Å². The number of nitrogens with zero attached hydrogens (tertiary/aromatic N) is 3. The third-order valence-corrected chi connectivity index (χ3v) is 4.98. The normalized spacial score (nSPS) is 11.6. The molecule has 3 rings (SSSR count). The minimum Gasteiger partial charge on any atom is -0.361 e. The van der Waals surface area contributed by atoms with E-state index in [0.717, 1.165) is 17.0 Å². The zero-order chi connectivity index (χ0) is 19.2. The number of benzene rings is 1. The van der Waals surface area contributed by atoms with E-state index in [1.807, 2.05) is 32.0 Å². The Labute approximate surface area is 161 Å². The van der Waals surface area contributed by atoms with E-state index in [1.165, 1.54) is 11.8 Å². The van der Waals surface area contributed by atoms with Gasteiger partial charge >= 0.3 is 0 Å². The highest BCUT2D eigenvalue weighted by molar-refractivity contribution is 7.98. The van der Waals surface area contributed by atoms with E-state index in [-0.39, 0.29) is 11.9 Å². The molecule has 1 aromatic carbocycles. The Bertz CT molecular complexity index is 976. The molecule has 0 radical (unpaired) electrons. The van der Waals surface area contributed by atoms with Gasteiger partial charge in [-0.3, -0.25) is 4.79 Å². The predicted molar refractivity (Wildman–Crippen MR) is 102 cm³/mol. The molecule has 7 heteroatoms. The first-order valence-corrected chi connectivity index (χ1v) is 9.36. The molecule has 136 valence electrons. The van der Waals surface area contributed by atoms with E-state index in [9.17, 15) is 4.79 Å². The molecule has 3 aromatic rings. The van der Waals surface area contributed by atoms with Gasteiger partial charge in [0.1, 0.15) is 10.8 Å². The van der Waals surface area contributed by atoms with Crippen LogP contribution < -0.4 is 5.32 Å². The maximum Gasteiger partial charge on any atom is 0.254 e. The molecule has 6 nitrogen and oxygen atoms in total. The van der Waals surface area contributed by atoms with Crippen molar-refractivity contribution in [2.24, 2.45) is 0 Å². The first-order chi connectivity index (χ1) is 13.1. The van der Waals surface area contributed by atoms with E-state index in [4.69, 9.17) is 9.78 Å². The number of pyridine rings is 1. The summed E-state index contributed by atoms with van der Waals surface area (Å²) in [6, 6.07) is 14.4. The number of amides is 1. The molecule has 0 aliphatic rings. The summed E-state index contributed by atoms with van der Waals surface area (Å²) < 4.78 is 5.07. The summed E-state index contributed by atoms with van der Waals surface area (Å²) in [6.07, 6.45) is 1.66. The highest BCUT2D eigenvalue weighted by Crippen LogP contribution is 2.25. The van der Waals surface area contributed by atoms with Crippen LogP contribution >= 0.6 is 11.8 Å². The highest BCUT2D eigenvalue weighted by Gasteiger charge is 2.16.